The van der Waals surface area contributed by atoms with Crippen molar-refractivity contribution in [3.05, 3.63) is 98.6 Å². The fourth-order valence-electron chi connectivity index (χ4n) is 6.32. The van der Waals surface area contributed by atoms with E-state index in [9.17, 15) is 40.0 Å². The van der Waals surface area contributed by atoms with Crippen LogP contribution in [0.3, 0.4) is 0 Å². The summed E-state index contributed by atoms with van der Waals surface area (Å²) in [5.41, 5.74) is 3.17. The van der Waals surface area contributed by atoms with Crippen LogP contribution in [0.5, 0.6) is 0 Å². The van der Waals surface area contributed by atoms with Gasteiger partial charge in [-0.25, -0.2) is 22.0 Å². The van der Waals surface area contributed by atoms with Crippen LogP contribution in [0.15, 0.2) is 52.9 Å². The van der Waals surface area contributed by atoms with E-state index in [-0.39, 0.29) is 57.9 Å². The van der Waals surface area contributed by atoms with E-state index >= 15 is 0 Å². The molecule has 50 heavy (non-hydrogen) atoms. The average Bonchev–Trinajstić information content (AvgIpc) is 3.67. The molecule has 3 aromatic rings. The molecule has 1 aliphatic carbocycles. The van der Waals surface area contributed by atoms with Crippen molar-refractivity contribution in [2.24, 2.45) is 10.1 Å². The SMILES string of the molecule is NC1(C2(C=NS(=O)(=O)C3CNC3)C=Cc3c(cc(NC(=O)c4cc(F)cc(C(F)(F)F)c4)c4c3C(=C=O)NC4c3cc(F)ccc3Cl)N2)CC1. The van der Waals surface area contributed by atoms with Crippen LogP contribution < -0.4 is 27.0 Å². The molecule has 7 rings (SSSR count). The Balaban J connectivity index is 1.39. The van der Waals surface area contributed by atoms with E-state index in [2.05, 4.69) is 25.7 Å². The molecule has 260 valence electrons. The second-order valence-corrected chi connectivity index (χ2v) is 14.9. The van der Waals surface area contributed by atoms with Gasteiger partial charge in [0.15, 0.2) is 5.94 Å². The zero-order valence-electron chi connectivity index (χ0n) is 25.6. The summed E-state index contributed by atoms with van der Waals surface area (Å²) >= 11 is 6.45. The van der Waals surface area contributed by atoms with Gasteiger partial charge in [-0.1, -0.05) is 23.8 Å². The molecule has 4 aliphatic rings. The number of halogens is 6. The molecule has 1 saturated carbocycles. The molecule has 1 saturated heterocycles. The van der Waals surface area contributed by atoms with Crippen LogP contribution in [0.25, 0.3) is 11.8 Å². The second-order valence-electron chi connectivity index (χ2n) is 12.6. The number of carbonyl (C=O) groups excluding carboxylic acids is 2. The molecule has 6 N–H and O–H groups in total. The largest absolute Gasteiger partial charge is 0.416 e. The molecular weight excluding hydrogens is 707 g/mol. The number of nitrogens with one attached hydrogen (secondary N) is 4. The molecule has 17 heteroatoms. The van der Waals surface area contributed by atoms with E-state index in [1.165, 1.54) is 18.3 Å². The Hall–Kier alpha value is -4.60. The highest BCUT2D eigenvalue weighted by Crippen LogP contribution is 2.52. The molecule has 2 fully saturated rings. The lowest BCUT2D eigenvalue weighted by Crippen LogP contribution is -2.57. The predicted molar refractivity (Wildman–Crippen MR) is 177 cm³/mol. The molecule has 0 spiro atoms. The topological polar surface area (TPSA) is 155 Å². The minimum atomic E-state index is -4.96. The Kier molecular flexibility index (Phi) is 7.95. The highest BCUT2D eigenvalue weighted by molar-refractivity contribution is 7.91. The van der Waals surface area contributed by atoms with E-state index in [1.54, 1.807) is 12.2 Å². The van der Waals surface area contributed by atoms with Gasteiger partial charge >= 0.3 is 6.18 Å². The number of nitrogens with zero attached hydrogens (tertiary/aromatic N) is 1. The van der Waals surface area contributed by atoms with Crippen LogP contribution >= 0.6 is 11.6 Å². The van der Waals surface area contributed by atoms with Crippen molar-refractivity contribution in [3.63, 3.8) is 0 Å². The summed E-state index contributed by atoms with van der Waals surface area (Å²) in [4.78, 5) is 25.9. The molecule has 2 unspecified atom stereocenters. The maximum Gasteiger partial charge on any atom is 0.416 e. The summed E-state index contributed by atoms with van der Waals surface area (Å²) in [5, 5.41) is 11.0. The van der Waals surface area contributed by atoms with Gasteiger partial charge in [0.2, 0.25) is 0 Å². The molecule has 3 heterocycles. The molecule has 3 aromatic carbocycles. The van der Waals surface area contributed by atoms with Crippen LogP contribution in [-0.4, -0.2) is 55.9 Å². The van der Waals surface area contributed by atoms with Crippen molar-refractivity contribution < 1.29 is 40.0 Å². The van der Waals surface area contributed by atoms with Crippen LogP contribution in [0, 0.1) is 11.6 Å². The first kappa shape index (κ1) is 33.9. The zero-order chi connectivity index (χ0) is 35.8. The minimum Gasteiger partial charge on any atom is -0.369 e. The van der Waals surface area contributed by atoms with E-state index in [0.717, 1.165) is 12.1 Å². The monoisotopic (exact) mass is 732 g/mol. The highest BCUT2D eigenvalue weighted by Gasteiger charge is 2.56. The third kappa shape index (κ3) is 5.76. The summed E-state index contributed by atoms with van der Waals surface area (Å²) in [6, 6.07) is 5.22. The number of anilines is 2. The van der Waals surface area contributed by atoms with Gasteiger partial charge in [-0.15, -0.1) is 0 Å². The number of fused-ring (bicyclic) bond motifs is 3. The van der Waals surface area contributed by atoms with Crippen molar-refractivity contribution in [1.29, 1.82) is 0 Å². The van der Waals surface area contributed by atoms with Gasteiger partial charge in [0.05, 0.1) is 11.6 Å². The molecule has 3 aliphatic heterocycles. The van der Waals surface area contributed by atoms with Crippen molar-refractivity contribution in [2.75, 3.05) is 23.7 Å². The quantitative estimate of drug-likeness (QED) is 0.132. The Morgan fingerprint density at radius 1 is 1.10 bits per heavy atom. The third-order valence-corrected chi connectivity index (χ3v) is 11.3. The van der Waals surface area contributed by atoms with Gasteiger partial charge in [0, 0.05) is 69.1 Å². The van der Waals surface area contributed by atoms with E-state index < -0.39 is 67.2 Å². The van der Waals surface area contributed by atoms with E-state index in [0.29, 0.717) is 30.5 Å². The molecule has 2 atom stereocenters. The lowest BCUT2D eigenvalue weighted by Gasteiger charge is -2.39. The Bertz CT molecular complexity index is 2200. The molecule has 10 nitrogen and oxygen atoms in total. The molecular formula is C33H26ClF5N6O4S. The summed E-state index contributed by atoms with van der Waals surface area (Å²) in [6.07, 6.45) is 0.440. The summed E-state index contributed by atoms with van der Waals surface area (Å²) in [6.45, 7) is 0.476. The fourth-order valence-corrected chi connectivity index (χ4v) is 7.69. The highest BCUT2D eigenvalue weighted by atomic mass is 35.5. The maximum atomic E-state index is 14.5. The average molecular weight is 733 g/mol. The van der Waals surface area contributed by atoms with Gasteiger partial charge in [0.1, 0.15) is 28.1 Å². The number of alkyl halides is 3. The molecule has 0 bridgehead atoms. The van der Waals surface area contributed by atoms with Crippen LogP contribution in [0.4, 0.5) is 33.3 Å². The summed E-state index contributed by atoms with van der Waals surface area (Å²) < 4.78 is 99.1. The summed E-state index contributed by atoms with van der Waals surface area (Å²) in [5.74, 6) is -1.30. The number of hydrogen-bond donors (Lipinski definition) is 5. The fraction of sp³-hybridized carbons (Fsp3) is 0.273. The second kappa shape index (κ2) is 11.7. The van der Waals surface area contributed by atoms with Crippen molar-refractivity contribution in [3.8, 4) is 0 Å². The number of rotatable bonds is 7. The van der Waals surface area contributed by atoms with E-state index in [1.807, 2.05) is 5.94 Å². The standard InChI is InChI=1S/C33H26ClF5N6O4S/c34-23-2-1-18(35)10-22(23)29-28-25(44-30(47)16-7-17(33(37,38)39)9-19(36)8-16)11-24-21(27(28)26(14-46)43-29)3-4-32(45-24,31(40)5-6-31)15-42-50(48,49)20-12-41-13-20/h1-4,7-11,15,20,29,41,43,45H,5-6,12-13,40H2,(H,44,47). The number of amides is 1. The lowest BCUT2D eigenvalue weighted by atomic mass is 9.82. The first-order chi connectivity index (χ1) is 23.5. The van der Waals surface area contributed by atoms with Crippen LogP contribution in [-0.2, 0) is 21.0 Å². The number of benzene rings is 3. The number of nitrogens with two attached hydrogens (primary N) is 1. The first-order valence-corrected chi connectivity index (χ1v) is 17.1. The van der Waals surface area contributed by atoms with Gasteiger partial charge in [-0.05, 0) is 55.3 Å². The van der Waals surface area contributed by atoms with Gasteiger partial charge in [-0.2, -0.15) is 17.6 Å². The number of hydrogen-bond acceptors (Lipinski definition) is 8. The van der Waals surface area contributed by atoms with Crippen LogP contribution in [0.1, 0.15) is 57.1 Å². The van der Waals surface area contributed by atoms with Crippen molar-refractivity contribution >= 4 is 62.8 Å². The van der Waals surface area contributed by atoms with E-state index in [4.69, 9.17) is 17.3 Å². The lowest BCUT2D eigenvalue weighted by molar-refractivity contribution is -0.137. The third-order valence-electron chi connectivity index (χ3n) is 9.38. The maximum absolute atomic E-state index is 14.5. The van der Waals surface area contributed by atoms with Gasteiger partial charge in [-0.3, -0.25) is 4.79 Å². The van der Waals surface area contributed by atoms with Gasteiger partial charge < -0.3 is 27.0 Å². The Morgan fingerprint density at radius 3 is 2.48 bits per heavy atom. The van der Waals surface area contributed by atoms with Gasteiger partial charge in [0.25, 0.3) is 15.9 Å². The molecule has 0 radical (unpaired) electrons. The minimum absolute atomic E-state index is 0.0756. The predicted octanol–water partition coefficient (Wildman–Crippen LogP) is 4.80. The first-order valence-electron chi connectivity index (χ1n) is 15.2. The van der Waals surface area contributed by atoms with Crippen molar-refractivity contribution in [2.45, 2.75) is 41.4 Å². The van der Waals surface area contributed by atoms with Crippen LogP contribution in [0.2, 0.25) is 5.02 Å². The molecule has 0 aromatic heterocycles. The number of carbonyl (C=O) groups is 1. The Labute approximate surface area is 286 Å². The molecule has 1 amide bonds. The van der Waals surface area contributed by atoms with Crippen molar-refractivity contribution in [1.82, 2.24) is 10.6 Å². The smallest absolute Gasteiger partial charge is 0.369 e. The Morgan fingerprint density at radius 2 is 1.84 bits per heavy atom. The summed E-state index contributed by atoms with van der Waals surface area (Å²) in [7, 11) is -3.91. The normalized spacial score (nSPS) is 22.2. The zero-order valence-corrected chi connectivity index (χ0v) is 27.2. The number of sulfonamides is 1.